The van der Waals surface area contributed by atoms with E-state index in [1.54, 1.807) is 14.2 Å². The Hall–Kier alpha value is -2.95. The van der Waals surface area contributed by atoms with Gasteiger partial charge in [0, 0.05) is 16.5 Å². The maximum atomic E-state index is 11.5. The molecule has 5 heteroatoms. The predicted molar refractivity (Wildman–Crippen MR) is 102 cm³/mol. The minimum absolute atomic E-state index is 0.0722. The maximum Gasteiger partial charge on any atom is 0.307 e. The van der Waals surface area contributed by atoms with Crippen molar-refractivity contribution in [1.82, 2.24) is 4.98 Å². The van der Waals surface area contributed by atoms with Crippen LogP contribution in [0.3, 0.4) is 0 Å². The molecule has 0 amide bonds. The van der Waals surface area contributed by atoms with Gasteiger partial charge in [-0.2, -0.15) is 0 Å². The molecule has 2 aromatic carbocycles. The second-order valence-corrected chi connectivity index (χ2v) is 6.55. The lowest BCUT2D eigenvalue weighted by atomic mass is 9.97. The van der Waals surface area contributed by atoms with Gasteiger partial charge in [0.15, 0.2) is 11.5 Å². The van der Waals surface area contributed by atoms with E-state index in [1.165, 1.54) is 5.56 Å². The normalized spacial score (nSPS) is 11.1. The first-order valence-electron chi connectivity index (χ1n) is 8.54. The van der Waals surface area contributed by atoms with Gasteiger partial charge in [0.1, 0.15) is 0 Å². The molecule has 0 radical (unpaired) electrons. The smallest absolute Gasteiger partial charge is 0.307 e. The number of methoxy groups -OCH3 is 2. The van der Waals surface area contributed by atoms with Crippen LogP contribution in [0, 0.1) is 0 Å². The minimum Gasteiger partial charge on any atom is -0.493 e. The summed E-state index contributed by atoms with van der Waals surface area (Å²) in [5.74, 6) is 0.677. The largest absolute Gasteiger partial charge is 0.493 e. The highest BCUT2D eigenvalue weighted by atomic mass is 16.5. The van der Waals surface area contributed by atoms with Crippen LogP contribution < -0.4 is 9.47 Å². The van der Waals surface area contributed by atoms with Crippen LogP contribution in [0.25, 0.3) is 22.2 Å². The van der Waals surface area contributed by atoms with E-state index in [0.717, 1.165) is 27.7 Å². The molecule has 5 nitrogen and oxygen atoms in total. The van der Waals surface area contributed by atoms with Crippen molar-refractivity contribution in [1.29, 1.82) is 0 Å². The molecule has 1 aromatic heterocycles. The molecule has 0 aliphatic carbocycles. The molecular weight excluding hydrogens is 330 g/mol. The van der Waals surface area contributed by atoms with Crippen LogP contribution in [-0.2, 0) is 11.2 Å². The van der Waals surface area contributed by atoms with Crippen molar-refractivity contribution in [3.63, 3.8) is 0 Å². The number of carbonyl (C=O) groups is 1. The van der Waals surface area contributed by atoms with Gasteiger partial charge in [-0.05, 0) is 41.3 Å². The molecule has 2 N–H and O–H groups in total. The Morgan fingerprint density at radius 3 is 2.54 bits per heavy atom. The lowest BCUT2D eigenvalue weighted by molar-refractivity contribution is -0.136. The Balaban J connectivity index is 2.31. The summed E-state index contributed by atoms with van der Waals surface area (Å²) in [7, 11) is 3.16. The molecule has 0 atom stereocenters. The van der Waals surface area contributed by atoms with Crippen molar-refractivity contribution in [2.75, 3.05) is 14.2 Å². The summed E-state index contributed by atoms with van der Waals surface area (Å²) in [4.78, 5) is 14.9. The van der Waals surface area contributed by atoms with Crippen molar-refractivity contribution in [2.24, 2.45) is 0 Å². The third-order valence-corrected chi connectivity index (χ3v) is 4.60. The number of aromatic nitrogens is 1. The van der Waals surface area contributed by atoms with Crippen molar-refractivity contribution in [3.05, 3.63) is 47.5 Å². The number of para-hydroxylation sites is 1. The third-order valence-electron chi connectivity index (χ3n) is 4.60. The molecule has 0 fully saturated rings. The zero-order valence-corrected chi connectivity index (χ0v) is 15.4. The van der Waals surface area contributed by atoms with E-state index in [1.807, 2.05) is 24.3 Å². The quantitative estimate of drug-likeness (QED) is 0.679. The monoisotopic (exact) mass is 353 g/mol. The maximum absolute atomic E-state index is 11.5. The molecule has 0 aliphatic rings. The van der Waals surface area contributed by atoms with Crippen LogP contribution in [0.15, 0.2) is 36.4 Å². The van der Waals surface area contributed by atoms with Crippen LogP contribution in [-0.4, -0.2) is 30.3 Å². The zero-order valence-electron chi connectivity index (χ0n) is 15.4. The molecule has 0 bridgehead atoms. The molecule has 0 aliphatic heterocycles. The van der Waals surface area contributed by atoms with Gasteiger partial charge in [-0.15, -0.1) is 0 Å². The summed E-state index contributed by atoms with van der Waals surface area (Å²) >= 11 is 0. The first-order chi connectivity index (χ1) is 12.5. The summed E-state index contributed by atoms with van der Waals surface area (Å²) in [6.45, 7) is 4.24. The molecule has 0 saturated heterocycles. The van der Waals surface area contributed by atoms with Crippen LogP contribution in [0.1, 0.15) is 30.9 Å². The number of nitrogens with one attached hydrogen (secondary N) is 1. The van der Waals surface area contributed by atoms with E-state index in [2.05, 4.69) is 31.0 Å². The Kier molecular flexibility index (Phi) is 4.89. The lowest BCUT2D eigenvalue weighted by Gasteiger charge is -2.13. The van der Waals surface area contributed by atoms with Gasteiger partial charge in [0.05, 0.1) is 26.3 Å². The number of carboxylic acids is 1. The molecule has 1 heterocycles. The highest BCUT2D eigenvalue weighted by molar-refractivity contribution is 5.95. The molecule has 26 heavy (non-hydrogen) atoms. The number of ether oxygens (including phenoxy) is 2. The van der Waals surface area contributed by atoms with E-state index < -0.39 is 5.97 Å². The fourth-order valence-corrected chi connectivity index (χ4v) is 3.27. The van der Waals surface area contributed by atoms with Crippen LogP contribution in [0.4, 0.5) is 0 Å². The predicted octanol–water partition coefficient (Wildman–Crippen LogP) is 4.60. The summed E-state index contributed by atoms with van der Waals surface area (Å²) in [5, 5.41) is 10.4. The SMILES string of the molecule is COc1cccc(-c2[nH]c3ccc(C(C)C)cc3c2CC(=O)O)c1OC. The van der Waals surface area contributed by atoms with Crippen molar-refractivity contribution in [3.8, 4) is 22.8 Å². The van der Waals surface area contributed by atoms with E-state index in [4.69, 9.17) is 9.47 Å². The van der Waals surface area contributed by atoms with Gasteiger partial charge in [-0.25, -0.2) is 0 Å². The highest BCUT2D eigenvalue weighted by Gasteiger charge is 2.21. The third kappa shape index (κ3) is 3.12. The number of H-pyrrole nitrogens is 1. The number of carboxylic acid groups (broad SMARTS) is 1. The number of rotatable bonds is 6. The zero-order chi connectivity index (χ0) is 18.8. The number of hydrogen-bond donors (Lipinski definition) is 2. The standard InChI is InChI=1S/C21H23NO4/c1-12(2)13-8-9-17-15(10-13)16(11-19(23)24)20(22-17)14-6-5-7-18(25-3)21(14)26-4/h5-10,12,22H,11H2,1-4H3,(H,23,24). The molecule has 136 valence electrons. The van der Waals surface area contributed by atoms with E-state index >= 15 is 0 Å². The van der Waals surface area contributed by atoms with Crippen molar-refractivity contribution < 1.29 is 19.4 Å². The Morgan fingerprint density at radius 2 is 1.92 bits per heavy atom. The van der Waals surface area contributed by atoms with Gasteiger partial charge in [0.25, 0.3) is 0 Å². The Morgan fingerprint density at radius 1 is 1.15 bits per heavy atom. The first-order valence-corrected chi connectivity index (χ1v) is 8.54. The lowest BCUT2D eigenvalue weighted by Crippen LogP contribution is -2.02. The average Bonchev–Trinajstić information content (AvgIpc) is 2.97. The molecular formula is C21H23NO4. The van der Waals surface area contributed by atoms with Crippen molar-refractivity contribution >= 4 is 16.9 Å². The molecule has 0 saturated carbocycles. The van der Waals surface area contributed by atoms with Gasteiger partial charge < -0.3 is 19.6 Å². The van der Waals surface area contributed by atoms with Gasteiger partial charge in [-0.1, -0.05) is 26.0 Å². The number of benzene rings is 2. The molecule has 0 unspecified atom stereocenters. The molecule has 3 rings (SSSR count). The summed E-state index contributed by atoms with van der Waals surface area (Å²) in [6, 6.07) is 11.7. The summed E-state index contributed by atoms with van der Waals surface area (Å²) in [5.41, 5.74) is 4.36. The average molecular weight is 353 g/mol. The Labute approximate surface area is 152 Å². The topological polar surface area (TPSA) is 71.6 Å². The van der Waals surface area contributed by atoms with E-state index in [-0.39, 0.29) is 6.42 Å². The summed E-state index contributed by atoms with van der Waals surface area (Å²) in [6.07, 6.45) is -0.0722. The van der Waals surface area contributed by atoms with E-state index in [9.17, 15) is 9.90 Å². The van der Waals surface area contributed by atoms with Gasteiger partial charge >= 0.3 is 5.97 Å². The number of hydrogen-bond acceptors (Lipinski definition) is 3. The van der Waals surface area contributed by atoms with Crippen LogP contribution in [0.2, 0.25) is 0 Å². The second kappa shape index (κ2) is 7.12. The van der Waals surface area contributed by atoms with Gasteiger partial charge in [0.2, 0.25) is 0 Å². The van der Waals surface area contributed by atoms with E-state index in [0.29, 0.717) is 17.4 Å². The highest BCUT2D eigenvalue weighted by Crippen LogP contribution is 2.41. The molecule has 3 aromatic rings. The minimum atomic E-state index is -0.871. The number of fused-ring (bicyclic) bond motifs is 1. The van der Waals surface area contributed by atoms with Crippen molar-refractivity contribution in [2.45, 2.75) is 26.2 Å². The number of aromatic amines is 1. The Bertz CT molecular complexity index is 956. The first kappa shape index (κ1) is 17.9. The fraction of sp³-hybridized carbons (Fsp3) is 0.286. The second-order valence-electron chi connectivity index (χ2n) is 6.55. The van der Waals surface area contributed by atoms with Crippen LogP contribution in [0.5, 0.6) is 11.5 Å². The molecule has 0 spiro atoms. The summed E-state index contributed by atoms with van der Waals surface area (Å²) < 4.78 is 10.9. The van der Waals surface area contributed by atoms with Crippen LogP contribution >= 0.6 is 0 Å². The fourth-order valence-electron chi connectivity index (χ4n) is 3.27. The van der Waals surface area contributed by atoms with Gasteiger partial charge in [-0.3, -0.25) is 4.79 Å². The number of aliphatic carboxylic acids is 1.